The van der Waals surface area contributed by atoms with Crippen LogP contribution in [0.15, 0.2) is 29.2 Å². The number of sulfonamides is 1. The van der Waals surface area contributed by atoms with Gasteiger partial charge in [-0.3, -0.25) is 0 Å². The normalized spacial score (nSPS) is 11.1. The smallest absolute Gasteiger partial charge is 0.339 e. The van der Waals surface area contributed by atoms with Crippen molar-refractivity contribution in [2.75, 3.05) is 13.7 Å². The zero-order valence-corrected chi connectivity index (χ0v) is 9.87. The van der Waals surface area contributed by atoms with Crippen LogP contribution in [0.25, 0.3) is 0 Å². The summed E-state index contributed by atoms with van der Waals surface area (Å²) in [7, 11) is -2.44. The number of ether oxygens (including phenoxy) is 1. The van der Waals surface area contributed by atoms with Crippen LogP contribution >= 0.6 is 0 Å². The molecule has 0 spiro atoms. The summed E-state index contributed by atoms with van der Waals surface area (Å²) in [5.41, 5.74) is 0.0333. The van der Waals surface area contributed by atoms with Crippen LogP contribution in [0, 0.1) is 0 Å². The van der Waals surface area contributed by atoms with Gasteiger partial charge in [-0.15, -0.1) is 0 Å². The van der Waals surface area contributed by atoms with Crippen LogP contribution in [0.1, 0.15) is 17.3 Å². The van der Waals surface area contributed by atoms with Gasteiger partial charge in [0, 0.05) is 6.54 Å². The second kappa shape index (κ2) is 5.09. The van der Waals surface area contributed by atoms with Crippen LogP contribution in [-0.2, 0) is 14.8 Å². The van der Waals surface area contributed by atoms with Crippen molar-refractivity contribution in [1.29, 1.82) is 0 Å². The summed E-state index contributed by atoms with van der Waals surface area (Å²) >= 11 is 0. The molecule has 6 heteroatoms. The Morgan fingerprint density at radius 2 is 2.00 bits per heavy atom. The minimum Gasteiger partial charge on any atom is -0.465 e. The van der Waals surface area contributed by atoms with E-state index in [0.717, 1.165) is 0 Å². The Morgan fingerprint density at radius 3 is 2.56 bits per heavy atom. The second-order valence-electron chi connectivity index (χ2n) is 2.99. The Labute approximate surface area is 94.5 Å². The second-order valence-corrected chi connectivity index (χ2v) is 4.72. The van der Waals surface area contributed by atoms with Crippen LogP contribution in [0.4, 0.5) is 0 Å². The van der Waals surface area contributed by atoms with Gasteiger partial charge in [-0.2, -0.15) is 0 Å². The SMILES string of the molecule is CCNS(=O)(=O)c1ccccc1C(=O)OC. The number of nitrogens with one attached hydrogen (secondary N) is 1. The quantitative estimate of drug-likeness (QED) is 0.793. The van der Waals surface area contributed by atoms with E-state index in [0.29, 0.717) is 0 Å². The van der Waals surface area contributed by atoms with Crippen molar-refractivity contribution in [1.82, 2.24) is 4.72 Å². The van der Waals surface area contributed by atoms with Crippen LogP contribution < -0.4 is 4.72 Å². The lowest BCUT2D eigenvalue weighted by Gasteiger charge is -2.08. The summed E-state index contributed by atoms with van der Waals surface area (Å²) in [4.78, 5) is 11.3. The maximum atomic E-state index is 11.8. The molecule has 0 saturated heterocycles. The average molecular weight is 243 g/mol. The summed E-state index contributed by atoms with van der Waals surface area (Å²) in [6, 6.07) is 5.91. The number of hydrogen-bond donors (Lipinski definition) is 1. The molecule has 5 nitrogen and oxygen atoms in total. The van der Waals surface area contributed by atoms with E-state index in [-0.39, 0.29) is 17.0 Å². The summed E-state index contributed by atoms with van der Waals surface area (Å²) in [5, 5.41) is 0. The molecule has 0 unspecified atom stereocenters. The minimum atomic E-state index is -3.65. The molecule has 0 atom stereocenters. The number of hydrogen-bond acceptors (Lipinski definition) is 4. The van der Waals surface area contributed by atoms with Gasteiger partial charge in [0.2, 0.25) is 10.0 Å². The molecule has 0 aliphatic heterocycles. The highest BCUT2D eigenvalue weighted by molar-refractivity contribution is 7.89. The van der Waals surface area contributed by atoms with E-state index in [2.05, 4.69) is 9.46 Å². The molecule has 0 amide bonds. The summed E-state index contributed by atoms with van der Waals surface area (Å²) < 4.78 is 30.4. The van der Waals surface area contributed by atoms with E-state index in [9.17, 15) is 13.2 Å². The lowest BCUT2D eigenvalue weighted by Crippen LogP contribution is -2.25. The molecule has 0 radical (unpaired) electrons. The Kier molecular flexibility index (Phi) is 4.03. The van der Waals surface area contributed by atoms with Crippen molar-refractivity contribution < 1.29 is 17.9 Å². The molecule has 1 aromatic carbocycles. The monoisotopic (exact) mass is 243 g/mol. The fourth-order valence-electron chi connectivity index (χ4n) is 1.25. The highest BCUT2D eigenvalue weighted by atomic mass is 32.2. The predicted molar refractivity (Wildman–Crippen MR) is 58.6 cm³/mol. The maximum Gasteiger partial charge on any atom is 0.339 e. The number of methoxy groups -OCH3 is 1. The third-order valence-electron chi connectivity index (χ3n) is 1.92. The molecule has 0 saturated carbocycles. The maximum absolute atomic E-state index is 11.8. The standard InChI is InChI=1S/C10H13NO4S/c1-3-11-16(13,14)9-7-5-4-6-8(9)10(12)15-2/h4-7,11H,3H2,1-2H3. The van der Waals surface area contributed by atoms with E-state index in [1.165, 1.54) is 19.2 Å². The van der Waals surface area contributed by atoms with Crippen molar-refractivity contribution >= 4 is 16.0 Å². The first kappa shape index (κ1) is 12.7. The molecular weight excluding hydrogens is 230 g/mol. The third-order valence-corrected chi connectivity index (χ3v) is 3.52. The van der Waals surface area contributed by atoms with Gasteiger partial charge >= 0.3 is 5.97 Å². The first-order valence-electron chi connectivity index (χ1n) is 4.70. The summed E-state index contributed by atoms with van der Waals surface area (Å²) in [6.07, 6.45) is 0. The van der Waals surface area contributed by atoms with Crippen molar-refractivity contribution in [3.05, 3.63) is 29.8 Å². The molecular formula is C10H13NO4S. The number of benzene rings is 1. The first-order chi connectivity index (χ1) is 7.53. The van der Waals surface area contributed by atoms with E-state index in [1.54, 1.807) is 19.1 Å². The molecule has 1 aromatic rings. The molecule has 0 fully saturated rings. The Hall–Kier alpha value is -1.40. The van der Waals surface area contributed by atoms with Gasteiger partial charge in [-0.25, -0.2) is 17.9 Å². The molecule has 1 rings (SSSR count). The number of rotatable bonds is 4. The first-order valence-corrected chi connectivity index (χ1v) is 6.18. The van der Waals surface area contributed by atoms with Gasteiger partial charge in [0.1, 0.15) is 0 Å². The highest BCUT2D eigenvalue weighted by Gasteiger charge is 2.21. The van der Waals surface area contributed by atoms with E-state index in [1.807, 2.05) is 0 Å². The van der Waals surface area contributed by atoms with Crippen molar-refractivity contribution in [2.24, 2.45) is 0 Å². The average Bonchev–Trinajstić information content (AvgIpc) is 2.28. The Bertz CT molecular complexity index is 481. The molecule has 0 bridgehead atoms. The fraction of sp³-hybridized carbons (Fsp3) is 0.300. The lowest BCUT2D eigenvalue weighted by atomic mass is 10.2. The Morgan fingerprint density at radius 1 is 1.38 bits per heavy atom. The van der Waals surface area contributed by atoms with Crippen LogP contribution in [0.3, 0.4) is 0 Å². The third kappa shape index (κ3) is 2.59. The molecule has 0 aliphatic carbocycles. The van der Waals surface area contributed by atoms with Crippen molar-refractivity contribution in [3.8, 4) is 0 Å². The van der Waals surface area contributed by atoms with Gasteiger partial charge in [0.25, 0.3) is 0 Å². The Balaban J connectivity index is 3.29. The zero-order chi connectivity index (χ0) is 12.2. The number of carbonyl (C=O) groups excluding carboxylic acids is 1. The zero-order valence-electron chi connectivity index (χ0n) is 9.06. The van der Waals surface area contributed by atoms with Gasteiger partial charge in [-0.1, -0.05) is 19.1 Å². The largest absolute Gasteiger partial charge is 0.465 e. The topological polar surface area (TPSA) is 72.5 Å². The summed E-state index contributed by atoms with van der Waals surface area (Å²) in [6.45, 7) is 1.93. The molecule has 16 heavy (non-hydrogen) atoms. The molecule has 0 aromatic heterocycles. The minimum absolute atomic E-state index is 0.0333. The van der Waals surface area contributed by atoms with Gasteiger partial charge in [0.15, 0.2) is 0 Å². The van der Waals surface area contributed by atoms with E-state index < -0.39 is 16.0 Å². The van der Waals surface area contributed by atoms with Crippen LogP contribution in [-0.4, -0.2) is 28.0 Å². The highest BCUT2D eigenvalue weighted by Crippen LogP contribution is 2.15. The van der Waals surface area contributed by atoms with E-state index in [4.69, 9.17) is 0 Å². The van der Waals surface area contributed by atoms with Crippen LogP contribution in [0.2, 0.25) is 0 Å². The van der Waals surface area contributed by atoms with Crippen LogP contribution in [0.5, 0.6) is 0 Å². The van der Waals surface area contributed by atoms with Crippen molar-refractivity contribution in [2.45, 2.75) is 11.8 Å². The molecule has 1 N–H and O–H groups in total. The summed E-state index contributed by atoms with van der Waals surface area (Å²) in [5.74, 6) is -0.669. The van der Waals surface area contributed by atoms with E-state index >= 15 is 0 Å². The van der Waals surface area contributed by atoms with Gasteiger partial charge < -0.3 is 4.74 Å². The molecule has 0 heterocycles. The van der Waals surface area contributed by atoms with Crippen molar-refractivity contribution in [3.63, 3.8) is 0 Å². The molecule has 88 valence electrons. The number of esters is 1. The van der Waals surface area contributed by atoms with Gasteiger partial charge in [0.05, 0.1) is 17.6 Å². The van der Waals surface area contributed by atoms with Gasteiger partial charge in [-0.05, 0) is 12.1 Å². The lowest BCUT2D eigenvalue weighted by molar-refractivity contribution is 0.0596. The fourth-order valence-corrected chi connectivity index (χ4v) is 2.48. The number of carbonyl (C=O) groups is 1. The predicted octanol–water partition coefficient (Wildman–Crippen LogP) is 0.771. The molecule has 0 aliphatic rings.